The van der Waals surface area contributed by atoms with Crippen LogP contribution in [0, 0.1) is 18.3 Å². The Hall–Kier alpha value is -1.67. The molecule has 2 atom stereocenters. The van der Waals surface area contributed by atoms with Crippen LogP contribution in [0.3, 0.4) is 0 Å². The molecule has 1 aliphatic heterocycles. The summed E-state index contributed by atoms with van der Waals surface area (Å²) in [7, 11) is 0. The van der Waals surface area contributed by atoms with E-state index in [9.17, 15) is 0 Å². The lowest BCUT2D eigenvalue weighted by Gasteiger charge is -2.40. The van der Waals surface area contributed by atoms with Crippen molar-refractivity contribution in [2.75, 3.05) is 18.0 Å². The van der Waals surface area contributed by atoms with E-state index in [1.165, 1.54) is 0 Å². The average Bonchev–Trinajstić information content (AvgIpc) is 2.45. The smallest absolute Gasteiger partial charge is 0.227 e. The molecule has 5 heteroatoms. The Morgan fingerprint density at radius 1 is 1.42 bits per heavy atom. The fourth-order valence-corrected chi connectivity index (χ4v) is 2.49. The van der Waals surface area contributed by atoms with Crippen molar-refractivity contribution in [3.8, 4) is 6.07 Å². The third-order valence-electron chi connectivity index (χ3n) is 3.68. The van der Waals surface area contributed by atoms with Crippen LogP contribution >= 0.6 is 0 Å². The van der Waals surface area contributed by atoms with E-state index in [0.29, 0.717) is 23.7 Å². The molecule has 2 unspecified atom stereocenters. The molecule has 2 heterocycles. The molecule has 0 bridgehead atoms. The second-order valence-corrected chi connectivity index (χ2v) is 5.03. The molecule has 1 aromatic heterocycles. The lowest BCUT2D eigenvalue weighted by Crippen LogP contribution is -2.56. The van der Waals surface area contributed by atoms with Crippen molar-refractivity contribution in [1.29, 1.82) is 5.26 Å². The van der Waals surface area contributed by atoms with Gasteiger partial charge >= 0.3 is 0 Å². The van der Waals surface area contributed by atoms with Crippen molar-refractivity contribution in [2.24, 2.45) is 0 Å². The van der Waals surface area contributed by atoms with E-state index in [4.69, 9.17) is 5.26 Å². The number of nitriles is 1. The molecule has 0 aliphatic carbocycles. The zero-order valence-corrected chi connectivity index (χ0v) is 11.8. The number of nitrogens with one attached hydrogen (secondary N) is 1. The number of hydrogen-bond acceptors (Lipinski definition) is 5. The van der Waals surface area contributed by atoms with Gasteiger partial charge in [0.15, 0.2) is 0 Å². The molecule has 1 saturated heterocycles. The molecule has 19 heavy (non-hydrogen) atoms. The molecule has 0 spiro atoms. The van der Waals surface area contributed by atoms with E-state index in [1.807, 2.05) is 6.92 Å². The fourth-order valence-electron chi connectivity index (χ4n) is 2.49. The first-order valence-electron chi connectivity index (χ1n) is 6.93. The molecule has 1 aromatic rings. The van der Waals surface area contributed by atoms with Gasteiger partial charge in [-0.05, 0) is 25.8 Å². The third kappa shape index (κ3) is 3.02. The van der Waals surface area contributed by atoms with E-state index >= 15 is 0 Å². The van der Waals surface area contributed by atoms with Crippen LogP contribution in [0.4, 0.5) is 5.95 Å². The maximum atomic E-state index is 9.03. The largest absolute Gasteiger partial charge is 0.335 e. The second-order valence-electron chi connectivity index (χ2n) is 5.03. The minimum absolute atomic E-state index is 0.399. The topological polar surface area (TPSA) is 64.8 Å². The number of aromatic nitrogens is 2. The maximum Gasteiger partial charge on any atom is 0.227 e. The Labute approximate surface area is 114 Å². The molecule has 0 amide bonds. The highest BCUT2D eigenvalue weighted by molar-refractivity contribution is 5.38. The standard InChI is InChI=1S/C14H21N5/c1-4-11-9-19(13(5-2)8-16-11)14-17-10(3)6-12(7-15)18-14/h6,11,13,16H,4-5,8-9H2,1-3H3. The van der Waals surface area contributed by atoms with Crippen molar-refractivity contribution < 1.29 is 0 Å². The van der Waals surface area contributed by atoms with Gasteiger partial charge in [-0.2, -0.15) is 5.26 Å². The van der Waals surface area contributed by atoms with Gasteiger partial charge in [0, 0.05) is 30.9 Å². The van der Waals surface area contributed by atoms with E-state index in [0.717, 1.165) is 31.6 Å². The summed E-state index contributed by atoms with van der Waals surface area (Å²) >= 11 is 0. The minimum atomic E-state index is 0.399. The predicted molar refractivity (Wildman–Crippen MR) is 75.0 cm³/mol. The number of rotatable bonds is 3. The summed E-state index contributed by atoms with van der Waals surface area (Å²) in [6, 6.07) is 4.71. The molecule has 2 rings (SSSR count). The quantitative estimate of drug-likeness (QED) is 0.893. The molecular formula is C14H21N5. The summed E-state index contributed by atoms with van der Waals surface area (Å²) in [5, 5.41) is 12.6. The van der Waals surface area contributed by atoms with E-state index in [-0.39, 0.29) is 0 Å². The van der Waals surface area contributed by atoms with Gasteiger partial charge in [-0.3, -0.25) is 0 Å². The Morgan fingerprint density at radius 3 is 2.84 bits per heavy atom. The monoisotopic (exact) mass is 259 g/mol. The van der Waals surface area contributed by atoms with Gasteiger partial charge in [-0.25, -0.2) is 9.97 Å². The molecule has 1 aliphatic rings. The lowest BCUT2D eigenvalue weighted by atomic mass is 10.1. The number of nitrogens with zero attached hydrogens (tertiary/aromatic N) is 4. The van der Waals surface area contributed by atoms with Crippen LogP contribution in [0.5, 0.6) is 0 Å². The van der Waals surface area contributed by atoms with Crippen LogP contribution in [0.1, 0.15) is 38.1 Å². The average molecular weight is 259 g/mol. The fraction of sp³-hybridized carbons (Fsp3) is 0.643. The Balaban J connectivity index is 2.31. The summed E-state index contributed by atoms with van der Waals surface area (Å²) in [6.07, 6.45) is 2.13. The van der Waals surface area contributed by atoms with Crippen molar-refractivity contribution in [2.45, 2.75) is 45.7 Å². The van der Waals surface area contributed by atoms with Gasteiger partial charge in [0.2, 0.25) is 5.95 Å². The molecular weight excluding hydrogens is 238 g/mol. The van der Waals surface area contributed by atoms with Gasteiger partial charge in [0.1, 0.15) is 11.8 Å². The van der Waals surface area contributed by atoms with E-state index in [2.05, 4.69) is 40.1 Å². The molecule has 1 N–H and O–H groups in total. The molecule has 0 radical (unpaired) electrons. The molecule has 5 nitrogen and oxygen atoms in total. The summed E-state index contributed by atoms with van der Waals surface area (Å²) in [4.78, 5) is 11.1. The van der Waals surface area contributed by atoms with Crippen LogP contribution in [-0.2, 0) is 0 Å². The van der Waals surface area contributed by atoms with Crippen molar-refractivity contribution >= 4 is 5.95 Å². The summed E-state index contributed by atoms with van der Waals surface area (Å²) in [5.74, 6) is 0.698. The van der Waals surface area contributed by atoms with Crippen molar-refractivity contribution in [3.63, 3.8) is 0 Å². The lowest BCUT2D eigenvalue weighted by molar-refractivity contribution is 0.374. The van der Waals surface area contributed by atoms with Crippen molar-refractivity contribution in [3.05, 3.63) is 17.5 Å². The van der Waals surface area contributed by atoms with E-state index < -0.39 is 0 Å². The summed E-state index contributed by atoms with van der Waals surface area (Å²) in [5.41, 5.74) is 1.30. The summed E-state index contributed by atoms with van der Waals surface area (Å²) in [6.45, 7) is 8.12. The van der Waals surface area contributed by atoms with Gasteiger partial charge in [-0.15, -0.1) is 0 Å². The van der Waals surface area contributed by atoms with Crippen LogP contribution < -0.4 is 10.2 Å². The highest BCUT2D eigenvalue weighted by Crippen LogP contribution is 2.19. The van der Waals surface area contributed by atoms with E-state index in [1.54, 1.807) is 6.07 Å². The first-order chi connectivity index (χ1) is 9.17. The minimum Gasteiger partial charge on any atom is -0.335 e. The highest BCUT2D eigenvalue weighted by Gasteiger charge is 2.28. The molecule has 1 fully saturated rings. The van der Waals surface area contributed by atoms with Gasteiger partial charge in [-0.1, -0.05) is 13.8 Å². The van der Waals surface area contributed by atoms with Crippen LogP contribution in [-0.4, -0.2) is 35.1 Å². The maximum absolute atomic E-state index is 9.03. The Morgan fingerprint density at radius 2 is 2.21 bits per heavy atom. The first-order valence-corrected chi connectivity index (χ1v) is 6.93. The Bertz CT molecular complexity index is 479. The Kier molecular flexibility index (Phi) is 4.33. The van der Waals surface area contributed by atoms with Crippen LogP contribution in [0.15, 0.2) is 6.07 Å². The van der Waals surface area contributed by atoms with Gasteiger partial charge < -0.3 is 10.2 Å². The first kappa shape index (κ1) is 13.8. The number of anilines is 1. The SMILES string of the molecule is CCC1CN(c2nc(C)cc(C#N)n2)C(CC)CN1. The summed E-state index contributed by atoms with van der Waals surface area (Å²) < 4.78 is 0. The zero-order valence-electron chi connectivity index (χ0n) is 11.8. The number of aryl methyl sites for hydroxylation is 1. The predicted octanol–water partition coefficient (Wildman–Crippen LogP) is 1.62. The third-order valence-corrected chi connectivity index (χ3v) is 3.68. The van der Waals surface area contributed by atoms with Crippen LogP contribution in [0.25, 0.3) is 0 Å². The normalized spacial score (nSPS) is 23.2. The molecule has 0 saturated carbocycles. The van der Waals surface area contributed by atoms with Crippen LogP contribution in [0.2, 0.25) is 0 Å². The van der Waals surface area contributed by atoms with Crippen molar-refractivity contribution in [1.82, 2.24) is 15.3 Å². The van der Waals surface area contributed by atoms with Gasteiger partial charge in [0.05, 0.1) is 0 Å². The highest BCUT2D eigenvalue weighted by atomic mass is 15.3. The second kappa shape index (κ2) is 5.98. The molecule has 0 aromatic carbocycles. The number of piperazine rings is 1. The zero-order chi connectivity index (χ0) is 13.8. The number of hydrogen-bond donors (Lipinski definition) is 1. The van der Waals surface area contributed by atoms with Gasteiger partial charge in [0.25, 0.3) is 0 Å². The molecule has 102 valence electrons.